The Balaban J connectivity index is 1.54. The minimum absolute atomic E-state index is 0.0359. The lowest BCUT2D eigenvalue weighted by atomic mass is 9.98. The summed E-state index contributed by atoms with van der Waals surface area (Å²) in [4.78, 5) is 52.2. The molecule has 3 N–H and O–H groups in total. The van der Waals surface area contributed by atoms with E-state index in [9.17, 15) is 29.4 Å². The van der Waals surface area contributed by atoms with E-state index < -0.39 is 48.5 Å². The standard InChI is InChI=1S/C33H36N2O9/c1-33(2,3)44-30(39)16-27(31(40)35(18-29(37)38)17-20-13-14-21(42-4)15-28(20)36)34-32(41)43-19-26-24-11-7-5-9-22(24)23-10-6-8-12-25(23)26/h5-15,26-27,36H,16-19H2,1-4H3,(H,34,41)(H,37,38). The lowest BCUT2D eigenvalue weighted by Crippen LogP contribution is -2.51. The highest BCUT2D eigenvalue weighted by molar-refractivity contribution is 5.91. The third-order valence-corrected chi connectivity index (χ3v) is 7.02. The Morgan fingerprint density at radius 1 is 0.955 bits per heavy atom. The number of fused-ring (bicyclic) bond motifs is 3. The highest BCUT2D eigenvalue weighted by Gasteiger charge is 2.34. The van der Waals surface area contributed by atoms with E-state index in [1.165, 1.54) is 19.2 Å². The van der Waals surface area contributed by atoms with Gasteiger partial charge in [0.05, 0.1) is 20.1 Å². The summed E-state index contributed by atoms with van der Waals surface area (Å²) in [5, 5.41) is 22.4. The third kappa shape index (κ3) is 7.85. The number of carboxylic acids is 1. The molecule has 232 valence electrons. The molecule has 3 aromatic carbocycles. The molecule has 0 aliphatic heterocycles. The second-order valence-electron chi connectivity index (χ2n) is 11.4. The molecular weight excluding hydrogens is 568 g/mol. The largest absolute Gasteiger partial charge is 0.507 e. The highest BCUT2D eigenvalue weighted by Crippen LogP contribution is 2.44. The molecule has 11 heteroatoms. The van der Waals surface area contributed by atoms with Gasteiger partial charge in [-0.25, -0.2) is 4.79 Å². The first-order valence-electron chi connectivity index (χ1n) is 14.1. The van der Waals surface area contributed by atoms with Crippen molar-refractivity contribution < 1.29 is 43.6 Å². The lowest BCUT2D eigenvalue weighted by Gasteiger charge is -2.28. The normalized spacial score (nSPS) is 12.8. The number of aromatic hydroxyl groups is 1. The summed E-state index contributed by atoms with van der Waals surface area (Å²) in [5.41, 5.74) is 3.44. The Bertz CT molecular complexity index is 1500. The number of carboxylic acid groups (broad SMARTS) is 1. The Hall–Kier alpha value is -5.06. The maximum absolute atomic E-state index is 13.7. The monoisotopic (exact) mass is 604 g/mol. The van der Waals surface area contributed by atoms with E-state index in [0.29, 0.717) is 5.75 Å². The van der Waals surface area contributed by atoms with Crippen molar-refractivity contribution >= 4 is 23.9 Å². The van der Waals surface area contributed by atoms with Crippen molar-refractivity contribution in [3.63, 3.8) is 0 Å². The van der Waals surface area contributed by atoms with Gasteiger partial charge in [0.15, 0.2) is 0 Å². The van der Waals surface area contributed by atoms with Crippen molar-refractivity contribution in [2.45, 2.75) is 51.3 Å². The van der Waals surface area contributed by atoms with Gasteiger partial charge in [-0.1, -0.05) is 48.5 Å². The Labute approximate surface area is 255 Å². The highest BCUT2D eigenvalue weighted by atomic mass is 16.6. The maximum atomic E-state index is 13.7. The molecule has 0 aromatic heterocycles. The van der Waals surface area contributed by atoms with Gasteiger partial charge in [0.25, 0.3) is 0 Å². The van der Waals surface area contributed by atoms with Crippen molar-refractivity contribution in [2.75, 3.05) is 20.3 Å². The number of nitrogens with one attached hydrogen (secondary N) is 1. The van der Waals surface area contributed by atoms with Gasteiger partial charge in [-0.2, -0.15) is 0 Å². The molecule has 44 heavy (non-hydrogen) atoms. The average molecular weight is 605 g/mol. The van der Waals surface area contributed by atoms with E-state index in [-0.39, 0.29) is 30.4 Å². The number of nitrogens with zero attached hydrogens (tertiary/aromatic N) is 1. The van der Waals surface area contributed by atoms with Crippen molar-refractivity contribution in [3.05, 3.63) is 83.4 Å². The molecule has 0 saturated carbocycles. The molecule has 1 aliphatic rings. The number of esters is 1. The lowest BCUT2D eigenvalue weighted by molar-refractivity contribution is -0.157. The number of phenols is 1. The van der Waals surface area contributed by atoms with Crippen LogP contribution in [0.5, 0.6) is 11.5 Å². The Morgan fingerprint density at radius 2 is 1.57 bits per heavy atom. The minimum Gasteiger partial charge on any atom is -0.507 e. The molecule has 0 radical (unpaired) electrons. The predicted molar refractivity (Wildman–Crippen MR) is 160 cm³/mol. The van der Waals surface area contributed by atoms with Crippen LogP contribution < -0.4 is 10.1 Å². The molecule has 4 rings (SSSR count). The van der Waals surface area contributed by atoms with E-state index in [2.05, 4.69) is 5.32 Å². The van der Waals surface area contributed by atoms with Crippen molar-refractivity contribution in [3.8, 4) is 22.6 Å². The smallest absolute Gasteiger partial charge is 0.407 e. The summed E-state index contributed by atoms with van der Waals surface area (Å²) >= 11 is 0. The zero-order valence-electron chi connectivity index (χ0n) is 25.0. The summed E-state index contributed by atoms with van der Waals surface area (Å²) in [7, 11) is 1.42. The molecule has 0 bridgehead atoms. The molecular formula is C33H36N2O9. The van der Waals surface area contributed by atoms with Crippen LogP contribution in [0.3, 0.4) is 0 Å². The van der Waals surface area contributed by atoms with Gasteiger partial charge in [0.1, 0.15) is 36.3 Å². The van der Waals surface area contributed by atoms with Crippen LogP contribution in [0.1, 0.15) is 49.8 Å². The molecule has 1 atom stereocenters. The number of rotatable bonds is 11. The topological polar surface area (TPSA) is 152 Å². The molecule has 0 spiro atoms. The van der Waals surface area contributed by atoms with Crippen LogP contribution in [0.4, 0.5) is 4.79 Å². The molecule has 3 aromatic rings. The summed E-state index contributed by atoms with van der Waals surface area (Å²) < 4.78 is 16.0. The number of amides is 2. The number of benzene rings is 3. The van der Waals surface area contributed by atoms with Gasteiger partial charge >= 0.3 is 18.0 Å². The number of carbonyl (C=O) groups excluding carboxylic acids is 3. The number of carbonyl (C=O) groups is 4. The average Bonchev–Trinajstić information content (AvgIpc) is 3.28. The van der Waals surface area contributed by atoms with Gasteiger partial charge in [-0.15, -0.1) is 0 Å². The quantitative estimate of drug-likeness (QED) is 0.270. The molecule has 0 heterocycles. The molecule has 11 nitrogen and oxygen atoms in total. The molecule has 2 amide bonds. The van der Waals surface area contributed by atoms with Gasteiger partial charge in [0.2, 0.25) is 5.91 Å². The number of hydrogen-bond donors (Lipinski definition) is 3. The summed E-state index contributed by atoms with van der Waals surface area (Å²) in [5.74, 6) is -3.08. The van der Waals surface area contributed by atoms with Crippen molar-refractivity contribution in [1.82, 2.24) is 10.2 Å². The molecule has 1 aliphatic carbocycles. The number of aliphatic carboxylic acids is 1. The summed E-state index contributed by atoms with van der Waals surface area (Å²) in [6.45, 7) is 3.85. The molecule has 1 unspecified atom stereocenters. The Kier molecular flexibility index (Phi) is 9.77. The minimum atomic E-state index is -1.51. The molecule has 0 saturated heterocycles. The zero-order chi connectivity index (χ0) is 32.0. The van der Waals surface area contributed by atoms with Gasteiger partial charge < -0.3 is 34.6 Å². The van der Waals surface area contributed by atoms with Gasteiger partial charge in [-0.05, 0) is 55.2 Å². The number of hydrogen-bond acceptors (Lipinski definition) is 8. The number of phenolic OH excluding ortho intramolecular Hbond substituents is 1. The second kappa shape index (κ2) is 13.5. The fourth-order valence-corrected chi connectivity index (χ4v) is 5.14. The fourth-order valence-electron chi connectivity index (χ4n) is 5.14. The first-order valence-corrected chi connectivity index (χ1v) is 14.1. The SMILES string of the molecule is COc1ccc(CN(CC(=O)O)C(=O)C(CC(=O)OC(C)(C)C)NC(=O)OCC2c3ccccc3-c3ccccc32)c(O)c1. The Morgan fingerprint density at radius 3 is 2.11 bits per heavy atom. The fraction of sp³-hybridized carbons (Fsp3) is 0.333. The summed E-state index contributed by atoms with van der Waals surface area (Å²) in [6, 6.07) is 18.5. The van der Waals surface area contributed by atoms with E-state index in [1.807, 2.05) is 48.5 Å². The van der Waals surface area contributed by atoms with E-state index in [0.717, 1.165) is 27.2 Å². The van der Waals surface area contributed by atoms with Crippen molar-refractivity contribution in [1.29, 1.82) is 0 Å². The first kappa shape index (κ1) is 31.9. The number of alkyl carbamates (subject to hydrolysis) is 1. The summed E-state index contributed by atoms with van der Waals surface area (Å²) in [6.07, 6.45) is -1.54. The van der Waals surface area contributed by atoms with Crippen LogP contribution in [0.2, 0.25) is 0 Å². The van der Waals surface area contributed by atoms with Crippen LogP contribution in [0.15, 0.2) is 66.7 Å². The number of methoxy groups -OCH3 is 1. The van der Waals surface area contributed by atoms with Gasteiger partial charge in [0, 0.05) is 17.5 Å². The van der Waals surface area contributed by atoms with E-state index >= 15 is 0 Å². The first-order chi connectivity index (χ1) is 20.9. The number of ether oxygens (including phenoxy) is 3. The second-order valence-corrected chi connectivity index (χ2v) is 11.4. The van der Waals surface area contributed by atoms with Crippen LogP contribution >= 0.6 is 0 Å². The van der Waals surface area contributed by atoms with Crippen LogP contribution in [0, 0.1) is 0 Å². The molecule has 0 fully saturated rings. The van der Waals surface area contributed by atoms with Crippen molar-refractivity contribution in [2.24, 2.45) is 0 Å². The predicted octanol–water partition coefficient (Wildman–Crippen LogP) is 4.45. The zero-order valence-corrected chi connectivity index (χ0v) is 25.0. The van der Waals surface area contributed by atoms with E-state index in [1.54, 1.807) is 26.8 Å². The van der Waals surface area contributed by atoms with Crippen LogP contribution in [-0.4, -0.2) is 71.0 Å². The van der Waals surface area contributed by atoms with Crippen LogP contribution in [-0.2, 0) is 30.4 Å². The maximum Gasteiger partial charge on any atom is 0.407 e. The van der Waals surface area contributed by atoms with E-state index in [4.69, 9.17) is 14.2 Å². The van der Waals surface area contributed by atoms with Crippen LogP contribution in [0.25, 0.3) is 11.1 Å². The van der Waals surface area contributed by atoms with Gasteiger partial charge in [-0.3, -0.25) is 14.4 Å². The third-order valence-electron chi connectivity index (χ3n) is 7.02.